The zero-order valence-corrected chi connectivity index (χ0v) is 9.69. The first-order valence-electron chi connectivity index (χ1n) is 5.02. The molecule has 0 aliphatic rings. The smallest absolute Gasteiger partial charge is 0.325 e. The average Bonchev–Trinajstić information content (AvgIpc) is 2.86. The van der Waals surface area contributed by atoms with Crippen LogP contribution in [0.1, 0.15) is 0 Å². The molecule has 0 spiro atoms. The van der Waals surface area contributed by atoms with Crippen molar-refractivity contribution in [1.29, 1.82) is 10.7 Å². The number of nitrogens with one attached hydrogen (secondary N) is 2. The summed E-state index contributed by atoms with van der Waals surface area (Å²) < 4.78 is 4.42. The van der Waals surface area contributed by atoms with Crippen molar-refractivity contribution in [3.63, 3.8) is 0 Å². The molecule has 1 aromatic heterocycles. The van der Waals surface area contributed by atoms with Crippen LogP contribution in [0, 0.1) is 26.9 Å². The molecule has 20 heavy (non-hydrogen) atoms. The van der Waals surface area contributed by atoms with Crippen molar-refractivity contribution in [1.82, 2.24) is 10.3 Å². The molecule has 0 unspecified atom stereocenters. The van der Waals surface area contributed by atoms with Gasteiger partial charge in [-0.05, 0) is 22.4 Å². The van der Waals surface area contributed by atoms with Crippen LogP contribution in [0.3, 0.4) is 0 Å². The van der Waals surface area contributed by atoms with E-state index in [1.807, 2.05) is 0 Å². The molecule has 0 radical (unpaired) electrons. The summed E-state index contributed by atoms with van der Waals surface area (Å²) in [6, 6.07) is 4.32. The van der Waals surface area contributed by atoms with Crippen LogP contribution in [0.4, 0.5) is 11.4 Å². The normalized spacial score (nSPS) is 11.1. The van der Waals surface area contributed by atoms with Gasteiger partial charge in [-0.25, -0.2) is 4.63 Å². The van der Waals surface area contributed by atoms with Gasteiger partial charge in [0.05, 0.1) is 4.92 Å². The molecule has 2 rings (SSSR count). The van der Waals surface area contributed by atoms with Crippen molar-refractivity contribution in [3.8, 4) is 6.07 Å². The quantitative estimate of drug-likeness (QED) is 0.309. The number of anilines is 1. The van der Waals surface area contributed by atoms with Gasteiger partial charge in [0.25, 0.3) is 0 Å². The maximum absolute atomic E-state index is 11.1. The van der Waals surface area contributed by atoms with Crippen molar-refractivity contribution < 1.29 is 9.55 Å². The Balaban J connectivity index is 2.50. The van der Waals surface area contributed by atoms with Crippen LogP contribution in [0.25, 0.3) is 11.0 Å². The van der Waals surface area contributed by atoms with Gasteiger partial charge in [-0.2, -0.15) is 10.4 Å². The number of nitrogens with zero attached hydrogens (tertiary/aromatic N) is 5. The van der Waals surface area contributed by atoms with Gasteiger partial charge >= 0.3 is 5.69 Å². The highest BCUT2D eigenvalue weighted by molar-refractivity contribution is 6.45. The third kappa shape index (κ3) is 2.20. The predicted octanol–water partition coefficient (Wildman–Crippen LogP) is 0.358. The predicted molar refractivity (Wildman–Crippen MR) is 67.0 cm³/mol. The Kier molecular flexibility index (Phi) is 3.21. The van der Waals surface area contributed by atoms with Crippen LogP contribution in [0.2, 0.25) is 0 Å². The van der Waals surface area contributed by atoms with Gasteiger partial charge in [-0.3, -0.25) is 20.9 Å². The molecule has 1 heterocycles. The zero-order valence-electron chi connectivity index (χ0n) is 9.69. The number of nitro groups is 1. The van der Waals surface area contributed by atoms with Crippen LogP contribution in [0.5, 0.6) is 0 Å². The standard InChI is InChI=1S/C9H6N8O3/c10-3-6(9(11)12)14-13-5-2-1-4-7(16-20-15-4)8(5)17(18)19/h1-2,13H,(H3,11,12)/b14-6+. The van der Waals surface area contributed by atoms with Crippen molar-refractivity contribution in [2.75, 3.05) is 5.43 Å². The molecule has 1 aromatic carbocycles. The summed E-state index contributed by atoms with van der Waals surface area (Å²) in [6.45, 7) is 0. The molecule has 0 amide bonds. The highest BCUT2D eigenvalue weighted by Crippen LogP contribution is 2.31. The lowest BCUT2D eigenvalue weighted by Crippen LogP contribution is -2.22. The number of aromatic nitrogens is 2. The molecule has 0 fully saturated rings. The van der Waals surface area contributed by atoms with E-state index in [1.54, 1.807) is 6.07 Å². The monoisotopic (exact) mass is 274 g/mol. The van der Waals surface area contributed by atoms with Gasteiger partial charge in [0, 0.05) is 0 Å². The second kappa shape index (κ2) is 4.98. The second-order valence-electron chi connectivity index (χ2n) is 3.45. The van der Waals surface area contributed by atoms with Gasteiger partial charge in [-0.1, -0.05) is 0 Å². The van der Waals surface area contributed by atoms with E-state index in [0.29, 0.717) is 0 Å². The number of fused-ring (bicyclic) bond motifs is 1. The summed E-state index contributed by atoms with van der Waals surface area (Å²) >= 11 is 0. The summed E-state index contributed by atoms with van der Waals surface area (Å²) in [7, 11) is 0. The van der Waals surface area contributed by atoms with Gasteiger partial charge in [-0.15, -0.1) is 0 Å². The van der Waals surface area contributed by atoms with E-state index in [4.69, 9.17) is 16.4 Å². The number of amidine groups is 1. The van der Waals surface area contributed by atoms with Gasteiger partial charge < -0.3 is 5.73 Å². The molecule has 11 heteroatoms. The van der Waals surface area contributed by atoms with E-state index in [9.17, 15) is 10.1 Å². The Morgan fingerprint density at radius 3 is 2.95 bits per heavy atom. The zero-order chi connectivity index (χ0) is 14.7. The molecular weight excluding hydrogens is 268 g/mol. The summed E-state index contributed by atoms with van der Waals surface area (Å²) in [5, 5.41) is 37.2. The number of benzene rings is 1. The molecule has 11 nitrogen and oxygen atoms in total. The first-order chi connectivity index (χ1) is 9.54. The first-order valence-corrected chi connectivity index (χ1v) is 5.02. The maximum Gasteiger partial charge on any atom is 0.325 e. The molecule has 0 saturated heterocycles. The number of rotatable bonds is 4. The van der Waals surface area contributed by atoms with Gasteiger partial charge in [0.1, 0.15) is 17.3 Å². The fourth-order valence-corrected chi connectivity index (χ4v) is 1.37. The summed E-state index contributed by atoms with van der Waals surface area (Å²) in [4.78, 5) is 10.4. The van der Waals surface area contributed by atoms with E-state index in [2.05, 4.69) is 25.5 Å². The van der Waals surface area contributed by atoms with Gasteiger partial charge in [0.2, 0.25) is 11.2 Å². The second-order valence-corrected chi connectivity index (χ2v) is 3.45. The van der Waals surface area contributed by atoms with Gasteiger partial charge in [0.15, 0.2) is 5.84 Å². The number of nitrogens with two attached hydrogens (primary N) is 1. The molecule has 0 bridgehead atoms. The van der Waals surface area contributed by atoms with E-state index >= 15 is 0 Å². The highest BCUT2D eigenvalue weighted by Gasteiger charge is 2.22. The fraction of sp³-hybridized carbons (Fsp3) is 0. The summed E-state index contributed by atoms with van der Waals surface area (Å²) in [5.41, 5.74) is 6.70. The fourth-order valence-electron chi connectivity index (χ4n) is 1.37. The molecule has 0 atom stereocenters. The lowest BCUT2D eigenvalue weighted by molar-refractivity contribution is -0.382. The molecule has 2 aromatic rings. The number of hydrogen-bond donors (Lipinski definition) is 3. The van der Waals surface area contributed by atoms with Crippen LogP contribution >= 0.6 is 0 Å². The lowest BCUT2D eigenvalue weighted by atomic mass is 10.2. The number of nitro benzene ring substituents is 1. The Hall–Kier alpha value is -3.55. The van der Waals surface area contributed by atoms with Crippen LogP contribution in [-0.2, 0) is 0 Å². The van der Waals surface area contributed by atoms with E-state index < -0.39 is 22.2 Å². The molecule has 0 aliphatic heterocycles. The minimum absolute atomic E-state index is 0.0350. The average molecular weight is 274 g/mol. The summed E-state index contributed by atoms with van der Waals surface area (Å²) in [6.07, 6.45) is 0. The van der Waals surface area contributed by atoms with Crippen LogP contribution in [0.15, 0.2) is 21.9 Å². The van der Waals surface area contributed by atoms with E-state index in [0.717, 1.165) is 0 Å². The van der Waals surface area contributed by atoms with E-state index in [-0.39, 0.29) is 16.7 Å². The SMILES string of the molecule is N#C/C(=N\Nc1ccc2nonc2c1[N+](=O)[O-])C(=N)N. The number of hydrogen-bond acceptors (Lipinski definition) is 9. The largest absolute Gasteiger partial charge is 0.382 e. The minimum atomic E-state index is -0.690. The lowest BCUT2D eigenvalue weighted by Gasteiger charge is -2.02. The topological polar surface area (TPSA) is 180 Å². The Morgan fingerprint density at radius 1 is 1.60 bits per heavy atom. The molecule has 4 N–H and O–H groups in total. The van der Waals surface area contributed by atoms with E-state index in [1.165, 1.54) is 12.1 Å². The highest BCUT2D eigenvalue weighted by atomic mass is 16.6. The molecule has 0 aliphatic carbocycles. The third-order valence-corrected chi connectivity index (χ3v) is 2.23. The Bertz CT molecular complexity index is 771. The van der Waals surface area contributed by atoms with Crippen molar-refractivity contribution >= 4 is 34.0 Å². The van der Waals surface area contributed by atoms with Crippen molar-refractivity contribution in [3.05, 3.63) is 22.2 Å². The Morgan fingerprint density at radius 2 is 2.35 bits per heavy atom. The summed E-state index contributed by atoms with van der Waals surface area (Å²) in [5.74, 6) is -0.563. The van der Waals surface area contributed by atoms with Crippen molar-refractivity contribution in [2.24, 2.45) is 10.8 Å². The van der Waals surface area contributed by atoms with Crippen LogP contribution in [-0.4, -0.2) is 26.8 Å². The Labute approximate surface area is 110 Å². The minimum Gasteiger partial charge on any atom is -0.382 e. The first kappa shape index (κ1) is 12.9. The maximum atomic E-state index is 11.1. The number of hydrazone groups is 1. The van der Waals surface area contributed by atoms with Crippen LogP contribution < -0.4 is 11.2 Å². The molecular formula is C9H6N8O3. The molecule has 0 saturated carbocycles. The number of nitriles is 1. The third-order valence-electron chi connectivity index (χ3n) is 2.23. The molecule has 100 valence electrons. The van der Waals surface area contributed by atoms with Crippen molar-refractivity contribution in [2.45, 2.75) is 0 Å².